The van der Waals surface area contributed by atoms with E-state index in [-0.39, 0.29) is 0 Å². The lowest BCUT2D eigenvalue weighted by Crippen LogP contribution is -2.27. The summed E-state index contributed by atoms with van der Waals surface area (Å²) in [5.74, 6) is 0.837. The summed E-state index contributed by atoms with van der Waals surface area (Å²) in [7, 11) is 0. The Labute approximate surface area is 114 Å². The molecular formula is C15H22N2S. The minimum atomic E-state index is 0.837. The lowest BCUT2D eigenvalue weighted by molar-refractivity contribution is 0.515. The molecule has 1 aliphatic carbocycles. The van der Waals surface area contributed by atoms with E-state index in [0.717, 1.165) is 12.0 Å². The van der Waals surface area contributed by atoms with Gasteiger partial charge in [0.25, 0.3) is 0 Å². The number of anilines is 1. The largest absolute Gasteiger partial charge is 0.371 e. The molecule has 1 heterocycles. The zero-order chi connectivity index (χ0) is 12.4. The van der Waals surface area contributed by atoms with Gasteiger partial charge in [-0.15, -0.1) is 11.8 Å². The molecule has 0 spiro atoms. The minimum Gasteiger partial charge on any atom is -0.371 e. The summed E-state index contributed by atoms with van der Waals surface area (Å²) in [4.78, 5) is 3.91. The van der Waals surface area contributed by atoms with Crippen molar-refractivity contribution in [1.82, 2.24) is 5.32 Å². The van der Waals surface area contributed by atoms with Crippen LogP contribution in [0, 0.1) is 5.92 Å². The zero-order valence-corrected chi connectivity index (χ0v) is 11.9. The summed E-state index contributed by atoms with van der Waals surface area (Å²) in [5.41, 5.74) is 1.40. The first kappa shape index (κ1) is 12.4. The van der Waals surface area contributed by atoms with Gasteiger partial charge in [0.05, 0.1) is 0 Å². The molecule has 98 valence electrons. The summed E-state index contributed by atoms with van der Waals surface area (Å²) in [6, 6.07) is 9.78. The summed E-state index contributed by atoms with van der Waals surface area (Å²) in [6.45, 7) is 3.65. The molecule has 0 amide bonds. The highest BCUT2D eigenvalue weighted by Crippen LogP contribution is 2.27. The van der Waals surface area contributed by atoms with Crippen molar-refractivity contribution >= 4 is 17.4 Å². The van der Waals surface area contributed by atoms with E-state index in [1.54, 1.807) is 0 Å². The fourth-order valence-corrected chi connectivity index (χ4v) is 3.11. The highest BCUT2D eigenvalue weighted by molar-refractivity contribution is 7.98. The van der Waals surface area contributed by atoms with Crippen molar-refractivity contribution in [3.05, 3.63) is 24.3 Å². The third-order valence-electron chi connectivity index (χ3n) is 3.98. The Morgan fingerprint density at radius 2 is 2.22 bits per heavy atom. The molecule has 1 aromatic rings. The maximum atomic E-state index is 3.66. The summed E-state index contributed by atoms with van der Waals surface area (Å²) >= 11 is 1.83. The van der Waals surface area contributed by atoms with E-state index in [0.29, 0.717) is 0 Å². The number of hydrogen-bond donors (Lipinski definition) is 1. The minimum absolute atomic E-state index is 0.837. The Bertz CT molecular complexity index is 403. The van der Waals surface area contributed by atoms with Crippen molar-refractivity contribution in [2.45, 2.75) is 30.2 Å². The predicted octanol–water partition coefficient (Wildman–Crippen LogP) is 2.99. The summed E-state index contributed by atoms with van der Waals surface area (Å²) < 4.78 is 0. The number of nitrogens with zero attached hydrogens (tertiary/aromatic N) is 1. The van der Waals surface area contributed by atoms with Crippen LogP contribution in [-0.2, 0) is 0 Å². The van der Waals surface area contributed by atoms with Crippen molar-refractivity contribution < 1.29 is 0 Å². The number of thioether (sulfide) groups is 1. The summed E-state index contributed by atoms with van der Waals surface area (Å²) in [5, 5.41) is 3.66. The van der Waals surface area contributed by atoms with Crippen LogP contribution >= 0.6 is 11.8 Å². The smallest absolute Gasteiger partial charge is 0.0377 e. The fraction of sp³-hybridized carbons (Fsp3) is 0.600. The molecule has 1 atom stereocenters. The van der Waals surface area contributed by atoms with Crippen molar-refractivity contribution in [2.75, 3.05) is 30.8 Å². The molecule has 2 fully saturated rings. The first-order valence-electron chi connectivity index (χ1n) is 6.97. The standard InChI is InChI=1S/C15H22N2S/c1-18-15-4-2-3-14(9-15)17-8-7-12(11-17)10-16-13-5-6-13/h2-4,9,12-13,16H,5-8,10-11H2,1H3. The normalized spacial score (nSPS) is 23.6. The lowest BCUT2D eigenvalue weighted by Gasteiger charge is -2.19. The van der Waals surface area contributed by atoms with E-state index in [4.69, 9.17) is 0 Å². The Morgan fingerprint density at radius 1 is 1.33 bits per heavy atom. The van der Waals surface area contributed by atoms with Gasteiger partial charge in [-0.05, 0) is 56.2 Å². The van der Waals surface area contributed by atoms with Crippen molar-refractivity contribution in [3.63, 3.8) is 0 Å². The van der Waals surface area contributed by atoms with Crippen LogP contribution in [0.4, 0.5) is 5.69 Å². The van der Waals surface area contributed by atoms with Crippen LogP contribution in [0.25, 0.3) is 0 Å². The van der Waals surface area contributed by atoms with Crippen LogP contribution in [0.2, 0.25) is 0 Å². The molecule has 1 saturated carbocycles. The molecule has 0 aromatic heterocycles. The van der Waals surface area contributed by atoms with E-state index >= 15 is 0 Å². The number of nitrogens with one attached hydrogen (secondary N) is 1. The van der Waals surface area contributed by atoms with Gasteiger partial charge in [-0.1, -0.05) is 6.07 Å². The highest BCUT2D eigenvalue weighted by atomic mass is 32.2. The second-order valence-electron chi connectivity index (χ2n) is 5.48. The van der Waals surface area contributed by atoms with E-state index in [9.17, 15) is 0 Å². The molecule has 3 heteroatoms. The fourth-order valence-electron chi connectivity index (χ4n) is 2.66. The maximum Gasteiger partial charge on any atom is 0.0377 e. The van der Waals surface area contributed by atoms with Gasteiger partial charge >= 0.3 is 0 Å². The van der Waals surface area contributed by atoms with Gasteiger partial charge in [0.1, 0.15) is 0 Å². The highest BCUT2D eigenvalue weighted by Gasteiger charge is 2.26. The molecule has 2 nitrogen and oxygen atoms in total. The van der Waals surface area contributed by atoms with Gasteiger partial charge in [0.15, 0.2) is 0 Å². The van der Waals surface area contributed by atoms with Gasteiger partial charge in [-0.3, -0.25) is 0 Å². The van der Waals surface area contributed by atoms with Crippen LogP contribution in [0.3, 0.4) is 0 Å². The van der Waals surface area contributed by atoms with Gasteiger partial charge in [-0.25, -0.2) is 0 Å². The van der Waals surface area contributed by atoms with Crippen LogP contribution in [-0.4, -0.2) is 31.9 Å². The molecular weight excluding hydrogens is 240 g/mol. The SMILES string of the molecule is CSc1cccc(N2CCC(CNC3CC3)C2)c1. The first-order chi connectivity index (χ1) is 8.85. The molecule has 1 unspecified atom stereocenters. The van der Waals surface area contributed by atoms with E-state index in [1.165, 1.54) is 49.5 Å². The molecule has 0 radical (unpaired) electrons. The Balaban J connectivity index is 1.56. The molecule has 3 rings (SSSR count). The van der Waals surface area contributed by atoms with Crippen molar-refractivity contribution in [1.29, 1.82) is 0 Å². The van der Waals surface area contributed by atoms with Crippen LogP contribution < -0.4 is 10.2 Å². The van der Waals surface area contributed by atoms with Crippen molar-refractivity contribution in [2.24, 2.45) is 5.92 Å². The third-order valence-corrected chi connectivity index (χ3v) is 4.70. The Kier molecular flexibility index (Phi) is 3.80. The predicted molar refractivity (Wildman–Crippen MR) is 79.6 cm³/mol. The summed E-state index contributed by atoms with van der Waals surface area (Å²) in [6.07, 6.45) is 6.27. The van der Waals surface area contributed by atoms with Crippen LogP contribution in [0.5, 0.6) is 0 Å². The van der Waals surface area contributed by atoms with E-state index in [1.807, 2.05) is 11.8 Å². The Hall–Kier alpha value is -0.670. The van der Waals surface area contributed by atoms with Gasteiger partial charge < -0.3 is 10.2 Å². The monoisotopic (exact) mass is 262 g/mol. The zero-order valence-electron chi connectivity index (χ0n) is 11.1. The second-order valence-corrected chi connectivity index (χ2v) is 6.36. The van der Waals surface area contributed by atoms with E-state index < -0.39 is 0 Å². The molecule has 1 N–H and O–H groups in total. The topological polar surface area (TPSA) is 15.3 Å². The van der Waals surface area contributed by atoms with Gasteiger partial charge in [0.2, 0.25) is 0 Å². The van der Waals surface area contributed by atoms with Crippen LogP contribution in [0.15, 0.2) is 29.2 Å². The molecule has 2 aliphatic rings. The van der Waals surface area contributed by atoms with Crippen LogP contribution in [0.1, 0.15) is 19.3 Å². The third kappa shape index (κ3) is 3.01. The molecule has 0 bridgehead atoms. The van der Waals surface area contributed by atoms with Gasteiger partial charge in [-0.2, -0.15) is 0 Å². The number of benzene rings is 1. The van der Waals surface area contributed by atoms with E-state index in [2.05, 4.69) is 40.7 Å². The molecule has 1 aromatic carbocycles. The Morgan fingerprint density at radius 3 is 3.00 bits per heavy atom. The molecule has 1 aliphatic heterocycles. The molecule has 18 heavy (non-hydrogen) atoms. The maximum absolute atomic E-state index is 3.66. The first-order valence-corrected chi connectivity index (χ1v) is 8.20. The number of hydrogen-bond acceptors (Lipinski definition) is 3. The lowest BCUT2D eigenvalue weighted by atomic mass is 10.1. The number of rotatable bonds is 5. The average Bonchev–Trinajstić information content (AvgIpc) is 3.13. The average molecular weight is 262 g/mol. The van der Waals surface area contributed by atoms with Gasteiger partial charge in [0, 0.05) is 29.7 Å². The quantitative estimate of drug-likeness (QED) is 0.821. The molecule has 1 saturated heterocycles. The second kappa shape index (κ2) is 5.54. The van der Waals surface area contributed by atoms with Crippen molar-refractivity contribution in [3.8, 4) is 0 Å².